The molecule has 6 heteroatoms. The number of aryl methyl sites for hydroxylation is 1. The van der Waals surface area contributed by atoms with Gasteiger partial charge in [-0.3, -0.25) is 0 Å². The molecule has 0 radical (unpaired) electrons. The topological polar surface area (TPSA) is 33.1 Å². The van der Waals surface area contributed by atoms with Gasteiger partial charge >= 0.3 is 0 Å². The molecule has 0 saturated carbocycles. The minimum absolute atomic E-state index is 0.176. The maximum absolute atomic E-state index is 8.92. The van der Waals surface area contributed by atoms with E-state index in [1.807, 2.05) is 0 Å². The molecule has 1 N–H and O–H groups in total. The summed E-state index contributed by atoms with van der Waals surface area (Å²) in [7, 11) is -0.468. The van der Waals surface area contributed by atoms with Crippen molar-refractivity contribution in [1.82, 2.24) is 4.98 Å². The van der Waals surface area contributed by atoms with E-state index in [2.05, 4.69) is 4.98 Å². The Bertz CT molecular complexity index is 292. The molecule has 0 aliphatic heterocycles. The number of halogens is 3. The summed E-state index contributed by atoms with van der Waals surface area (Å²) in [4.78, 5) is 12.8. The summed E-state index contributed by atoms with van der Waals surface area (Å²) in [5.74, 6) is 0. The molecular weight excluding hydrogens is 239 g/mol. The van der Waals surface area contributed by atoms with Crippen molar-refractivity contribution in [2.24, 2.45) is 0 Å². The molecule has 0 fully saturated rings. The molecule has 0 amide bonds. The summed E-state index contributed by atoms with van der Waals surface area (Å²) in [6, 6.07) is 0. The van der Waals surface area contributed by atoms with Gasteiger partial charge in [-0.05, 0) is 6.92 Å². The number of nitrogens with zero attached hydrogens (tertiary/aromatic N) is 1. The summed E-state index contributed by atoms with van der Waals surface area (Å²) in [6.07, 6.45) is 0. The van der Waals surface area contributed by atoms with Crippen LogP contribution in [-0.2, 0) is 0 Å². The van der Waals surface area contributed by atoms with Crippen LogP contribution < -0.4 is 5.30 Å². The molecule has 1 atom stereocenters. The highest BCUT2D eigenvalue weighted by molar-refractivity contribution is 7.41. The summed E-state index contributed by atoms with van der Waals surface area (Å²) in [6.45, 7) is 1.70. The third-order valence-corrected chi connectivity index (χ3v) is 3.56. The monoisotopic (exact) mass is 243 g/mol. The molecule has 0 bridgehead atoms. The van der Waals surface area contributed by atoms with Crippen LogP contribution in [-0.4, -0.2) is 9.88 Å². The van der Waals surface area contributed by atoms with E-state index in [0.717, 1.165) is 0 Å². The average molecular weight is 244 g/mol. The van der Waals surface area contributed by atoms with E-state index < -0.39 is 8.81 Å². The quantitative estimate of drug-likeness (QED) is 0.608. The Labute approximate surface area is 86.7 Å². The Kier molecular flexibility index (Phi) is 3.57. The Morgan fingerprint density at radius 3 is 2.33 bits per heavy atom. The molecule has 1 rings (SSSR count). The zero-order valence-corrected chi connectivity index (χ0v) is 9.30. The molecule has 1 aromatic heterocycles. The number of rotatable bonds is 1. The second-order valence-corrected chi connectivity index (χ2v) is 3.94. The predicted molar refractivity (Wildman–Crippen MR) is 54.2 cm³/mol. The van der Waals surface area contributed by atoms with Gasteiger partial charge in [0, 0.05) is 14.1 Å². The highest BCUT2D eigenvalue weighted by atomic mass is 35.5. The first-order valence-corrected chi connectivity index (χ1v) is 5.07. The van der Waals surface area contributed by atoms with Gasteiger partial charge < -0.3 is 4.89 Å². The van der Waals surface area contributed by atoms with Gasteiger partial charge in [0.25, 0.3) is 0 Å². The zero-order chi connectivity index (χ0) is 9.30. The van der Waals surface area contributed by atoms with Crippen LogP contribution in [0.4, 0.5) is 0 Å². The summed E-state index contributed by atoms with van der Waals surface area (Å²) >= 11 is 17.2. The molecule has 0 spiro atoms. The lowest BCUT2D eigenvalue weighted by molar-refractivity contribution is 0.655. The van der Waals surface area contributed by atoms with E-state index in [1.165, 1.54) is 0 Å². The van der Waals surface area contributed by atoms with E-state index in [0.29, 0.717) is 16.0 Å². The van der Waals surface area contributed by atoms with Crippen LogP contribution in [0.15, 0.2) is 0 Å². The predicted octanol–water partition coefficient (Wildman–Crippen LogP) is 2.56. The SMILES string of the molecule is Cc1nc(Cl)c(Cl)c(PO)c1Cl. The summed E-state index contributed by atoms with van der Waals surface area (Å²) < 4.78 is 0. The Balaban J connectivity index is 3.42. The van der Waals surface area contributed by atoms with Crippen molar-refractivity contribution in [1.29, 1.82) is 0 Å². The Hall–Kier alpha value is 0.410. The molecule has 66 valence electrons. The fraction of sp³-hybridized carbons (Fsp3) is 0.167. The third kappa shape index (κ3) is 1.84. The standard InChI is InChI=1S/C6H5Cl3NOP/c1-2-3(7)5(12-11)4(8)6(9)10-2/h11-12H,1H3. The van der Waals surface area contributed by atoms with Gasteiger partial charge in [-0.15, -0.1) is 0 Å². The molecule has 0 aliphatic rings. The molecule has 0 aliphatic carbocycles. The van der Waals surface area contributed by atoms with Gasteiger partial charge in [0.15, 0.2) is 0 Å². The van der Waals surface area contributed by atoms with Gasteiger partial charge in [0.05, 0.1) is 15.7 Å². The highest BCUT2D eigenvalue weighted by Crippen LogP contribution is 2.28. The fourth-order valence-electron chi connectivity index (χ4n) is 0.724. The second-order valence-electron chi connectivity index (χ2n) is 2.10. The lowest BCUT2D eigenvalue weighted by atomic mass is 10.4. The minimum Gasteiger partial charge on any atom is -0.372 e. The van der Waals surface area contributed by atoms with Crippen LogP contribution in [0, 0.1) is 6.92 Å². The van der Waals surface area contributed by atoms with Gasteiger partial charge in [-0.25, -0.2) is 4.98 Å². The highest BCUT2D eigenvalue weighted by Gasteiger charge is 2.12. The Morgan fingerprint density at radius 2 is 1.83 bits per heavy atom. The van der Waals surface area contributed by atoms with Crippen LogP contribution in [0.1, 0.15) is 5.69 Å². The molecule has 2 nitrogen and oxygen atoms in total. The molecule has 0 saturated heterocycles. The third-order valence-electron chi connectivity index (χ3n) is 1.32. The van der Waals surface area contributed by atoms with Crippen molar-refractivity contribution in [3.05, 3.63) is 20.9 Å². The molecule has 0 aromatic carbocycles. The number of hydrogen-bond acceptors (Lipinski definition) is 2. The first-order valence-electron chi connectivity index (χ1n) is 2.99. The molecule has 1 heterocycles. The largest absolute Gasteiger partial charge is 0.372 e. The van der Waals surface area contributed by atoms with Crippen LogP contribution in [0.3, 0.4) is 0 Å². The van der Waals surface area contributed by atoms with Crippen LogP contribution in [0.5, 0.6) is 0 Å². The number of pyridine rings is 1. The van der Waals surface area contributed by atoms with Crippen molar-refractivity contribution in [2.45, 2.75) is 6.92 Å². The van der Waals surface area contributed by atoms with E-state index in [1.54, 1.807) is 6.92 Å². The van der Waals surface area contributed by atoms with E-state index >= 15 is 0 Å². The van der Waals surface area contributed by atoms with Gasteiger partial charge in [-0.1, -0.05) is 34.8 Å². The number of aromatic nitrogens is 1. The first-order chi connectivity index (χ1) is 5.57. The molecule has 1 unspecified atom stereocenters. The lowest BCUT2D eigenvalue weighted by Crippen LogP contribution is -2.03. The van der Waals surface area contributed by atoms with Crippen LogP contribution in [0.25, 0.3) is 0 Å². The summed E-state index contributed by atoms with van der Waals surface area (Å²) in [5, 5.41) is 1.24. The van der Waals surface area contributed by atoms with Crippen LogP contribution >= 0.6 is 43.6 Å². The minimum atomic E-state index is -0.468. The average Bonchev–Trinajstić information content (AvgIpc) is 2.02. The molecule has 1 aromatic rings. The summed E-state index contributed by atoms with van der Waals surface area (Å²) in [5.41, 5.74) is 0.572. The second kappa shape index (κ2) is 4.08. The maximum Gasteiger partial charge on any atom is 0.148 e. The van der Waals surface area contributed by atoms with E-state index in [-0.39, 0.29) is 10.2 Å². The normalized spacial score (nSPS) is 11.4. The van der Waals surface area contributed by atoms with Crippen molar-refractivity contribution < 1.29 is 4.89 Å². The van der Waals surface area contributed by atoms with Crippen LogP contribution in [0.2, 0.25) is 15.2 Å². The van der Waals surface area contributed by atoms with E-state index in [4.69, 9.17) is 39.7 Å². The van der Waals surface area contributed by atoms with Crippen molar-refractivity contribution in [3.8, 4) is 0 Å². The van der Waals surface area contributed by atoms with Crippen molar-refractivity contribution in [2.75, 3.05) is 0 Å². The van der Waals surface area contributed by atoms with Gasteiger partial charge in [0.2, 0.25) is 0 Å². The van der Waals surface area contributed by atoms with E-state index in [9.17, 15) is 0 Å². The molecular formula is C6H5Cl3NOP. The smallest absolute Gasteiger partial charge is 0.148 e. The molecule has 12 heavy (non-hydrogen) atoms. The Morgan fingerprint density at radius 1 is 1.25 bits per heavy atom. The number of hydrogen-bond donors (Lipinski definition) is 1. The first kappa shape index (κ1) is 10.5. The fourth-order valence-corrected chi connectivity index (χ4v) is 2.10. The van der Waals surface area contributed by atoms with Gasteiger partial charge in [-0.2, -0.15) is 0 Å². The lowest BCUT2D eigenvalue weighted by Gasteiger charge is -2.06. The van der Waals surface area contributed by atoms with Crippen molar-refractivity contribution >= 4 is 48.9 Å². The zero-order valence-electron chi connectivity index (χ0n) is 6.03. The van der Waals surface area contributed by atoms with Crippen molar-refractivity contribution in [3.63, 3.8) is 0 Å². The maximum atomic E-state index is 8.92. The van der Waals surface area contributed by atoms with Gasteiger partial charge in [0.1, 0.15) is 5.15 Å².